The molecule has 29 heavy (non-hydrogen) atoms. The molecular formula is C21H35IN4O3. The zero-order chi connectivity index (χ0) is 20.5. The van der Waals surface area contributed by atoms with Crippen molar-refractivity contribution in [2.45, 2.75) is 19.9 Å². The third-order valence-electron chi connectivity index (χ3n) is 5.02. The normalized spacial score (nSPS) is 19.1. The van der Waals surface area contributed by atoms with Gasteiger partial charge in [-0.3, -0.25) is 9.79 Å². The van der Waals surface area contributed by atoms with Gasteiger partial charge < -0.3 is 24.6 Å². The molecule has 1 saturated heterocycles. The maximum Gasteiger partial charge on any atom is 0.310 e. The molecule has 1 aromatic carbocycles. The molecule has 8 heteroatoms. The first-order valence-corrected chi connectivity index (χ1v) is 9.84. The zero-order valence-electron chi connectivity index (χ0n) is 18.2. The number of aliphatic imine (C=N–C) groups is 1. The molecule has 1 heterocycles. The smallest absolute Gasteiger partial charge is 0.310 e. The Morgan fingerprint density at radius 3 is 2.55 bits per heavy atom. The van der Waals surface area contributed by atoms with Gasteiger partial charge in [0.1, 0.15) is 5.75 Å². The Bertz CT molecular complexity index is 652. The predicted octanol–water partition coefficient (Wildman–Crippen LogP) is 2.45. The summed E-state index contributed by atoms with van der Waals surface area (Å²) in [5.41, 5.74) is 1.15. The fourth-order valence-corrected chi connectivity index (χ4v) is 3.39. The van der Waals surface area contributed by atoms with Gasteiger partial charge in [0.05, 0.1) is 19.6 Å². The molecule has 1 fully saturated rings. The third-order valence-corrected chi connectivity index (χ3v) is 5.02. The van der Waals surface area contributed by atoms with Crippen molar-refractivity contribution in [1.82, 2.24) is 15.1 Å². The number of ether oxygens (including phenoxy) is 2. The number of benzene rings is 1. The van der Waals surface area contributed by atoms with Crippen LogP contribution in [-0.2, 0) is 16.1 Å². The van der Waals surface area contributed by atoms with Gasteiger partial charge in [-0.25, -0.2) is 0 Å². The number of esters is 1. The maximum atomic E-state index is 11.9. The highest BCUT2D eigenvalue weighted by Crippen LogP contribution is 2.24. The van der Waals surface area contributed by atoms with Gasteiger partial charge in [0.2, 0.25) is 0 Å². The molecule has 0 bridgehead atoms. The van der Waals surface area contributed by atoms with Gasteiger partial charge in [-0.05, 0) is 44.1 Å². The van der Waals surface area contributed by atoms with Gasteiger partial charge in [0, 0.05) is 33.2 Å². The molecule has 1 aliphatic heterocycles. The molecule has 7 nitrogen and oxygen atoms in total. The molecule has 2 rings (SSSR count). The molecule has 1 aliphatic rings. The summed E-state index contributed by atoms with van der Waals surface area (Å²) < 4.78 is 10.7. The molecule has 1 aromatic rings. The molecule has 0 saturated carbocycles. The van der Waals surface area contributed by atoms with Crippen molar-refractivity contribution >= 4 is 35.9 Å². The van der Waals surface area contributed by atoms with Crippen molar-refractivity contribution in [2.75, 3.05) is 54.5 Å². The summed E-state index contributed by atoms with van der Waals surface area (Å²) in [6, 6.07) is 8.12. The van der Waals surface area contributed by atoms with E-state index in [1.807, 2.05) is 12.1 Å². The Labute approximate surface area is 191 Å². The van der Waals surface area contributed by atoms with Crippen LogP contribution >= 0.6 is 24.0 Å². The van der Waals surface area contributed by atoms with Crippen molar-refractivity contribution in [2.24, 2.45) is 16.8 Å². The van der Waals surface area contributed by atoms with Gasteiger partial charge >= 0.3 is 5.97 Å². The number of nitrogens with one attached hydrogen (secondary N) is 1. The summed E-state index contributed by atoms with van der Waals surface area (Å²) in [5.74, 6) is 1.69. The first-order chi connectivity index (χ1) is 13.4. The summed E-state index contributed by atoms with van der Waals surface area (Å²) in [6.45, 7) is 5.91. The van der Waals surface area contributed by atoms with E-state index in [-0.39, 0.29) is 41.8 Å². The van der Waals surface area contributed by atoms with Crippen LogP contribution in [0.2, 0.25) is 0 Å². The zero-order valence-corrected chi connectivity index (χ0v) is 20.5. The first kappa shape index (κ1) is 25.5. The van der Waals surface area contributed by atoms with Crippen LogP contribution in [-0.4, -0.2) is 76.2 Å². The predicted molar refractivity (Wildman–Crippen MR) is 127 cm³/mol. The standard InChI is InChI=1S/C21H34N4O3.HI/c1-16-14-25(15-19(16)20(26)27-5)21(22-2)23-13-17-7-9-18(10-8-17)28-12-6-11-24(3)4;/h7-10,16,19H,6,11-15H2,1-5H3,(H,22,23);1H. The molecule has 0 radical (unpaired) electrons. The van der Waals surface area contributed by atoms with Crippen LogP contribution < -0.4 is 10.1 Å². The minimum Gasteiger partial charge on any atom is -0.494 e. The molecule has 0 amide bonds. The van der Waals surface area contributed by atoms with Crippen molar-refractivity contribution in [3.63, 3.8) is 0 Å². The van der Waals surface area contributed by atoms with Crippen LogP contribution in [0.1, 0.15) is 18.9 Å². The first-order valence-electron chi connectivity index (χ1n) is 9.84. The number of halogens is 1. The van der Waals surface area contributed by atoms with E-state index in [0.717, 1.165) is 43.4 Å². The van der Waals surface area contributed by atoms with Gasteiger partial charge in [0.15, 0.2) is 5.96 Å². The van der Waals surface area contributed by atoms with E-state index in [9.17, 15) is 4.79 Å². The van der Waals surface area contributed by atoms with Crippen molar-refractivity contribution in [3.8, 4) is 5.75 Å². The Hall–Kier alpha value is -1.55. The van der Waals surface area contributed by atoms with E-state index in [1.165, 1.54) is 7.11 Å². The molecular weight excluding hydrogens is 483 g/mol. The number of carbonyl (C=O) groups excluding carboxylic acids is 1. The largest absolute Gasteiger partial charge is 0.494 e. The average molecular weight is 518 g/mol. The van der Waals surface area contributed by atoms with Gasteiger partial charge in [0.25, 0.3) is 0 Å². The van der Waals surface area contributed by atoms with Crippen LogP contribution in [0.5, 0.6) is 5.75 Å². The van der Waals surface area contributed by atoms with E-state index in [2.05, 4.69) is 53.3 Å². The number of hydrogen-bond donors (Lipinski definition) is 1. The van der Waals surface area contributed by atoms with Crippen LogP contribution in [0.4, 0.5) is 0 Å². The lowest BCUT2D eigenvalue weighted by Crippen LogP contribution is -2.40. The second-order valence-corrected chi connectivity index (χ2v) is 7.56. The number of carbonyl (C=O) groups is 1. The Balaban J connectivity index is 0.00000420. The quantitative estimate of drug-likeness (QED) is 0.188. The fourth-order valence-electron chi connectivity index (χ4n) is 3.39. The summed E-state index contributed by atoms with van der Waals surface area (Å²) in [6.07, 6.45) is 1.01. The number of methoxy groups -OCH3 is 1. The second-order valence-electron chi connectivity index (χ2n) is 7.56. The summed E-state index contributed by atoms with van der Waals surface area (Å²) >= 11 is 0. The lowest BCUT2D eigenvalue weighted by molar-refractivity contribution is -0.145. The Morgan fingerprint density at radius 2 is 1.97 bits per heavy atom. The highest BCUT2D eigenvalue weighted by molar-refractivity contribution is 14.0. The van der Waals surface area contributed by atoms with Crippen LogP contribution in [0, 0.1) is 11.8 Å². The number of rotatable bonds is 8. The molecule has 0 spiro atoms. The number of likely N-dealkylation sites (tertiary alicyclic amines) is 1. The van der Waals surface area contributed by atoms with Crippen molar-refractivity contribution in [1.29, 1.82) is 0 Å². The van der Waals surface area contributed by atoms with Gasteiger partial charge in [-0.2, -0.15) is 0 Å². The summed E-state index contributed by atoms with van der Waals surface area (Å²) in [5, 5.41) is 3.39. The topological polar surface area (TPSA) is 66.4 Å². The van der Waals surface area contributed by atoms with Gasteiger partial charge in [-0.15, -0.1) is 24.0 Å². The maximum absolute atomic E-state index is 11.9. The number of hydrogen-bond acceptors (Lipinski definition) is 5. The van der Waals surface area contributed by atoms with Crippen LogP contribution in [0.25, 0.3) is 0 Å². The van der Waals surface area contributed by atoms with E-state index < -0.39 is 0 Å². The minimum absolute atomic E-state index is 0. The van der Waals surface area contributed by atoms with E-state index in [0.29, 0.717) is 13.1 Å². The second kappa shape index (κ2) is 12.9. The van der Waals surface area contributed by atoms with Crippen LogP contribution in [0.15, 0.2) is 29.3 Å². The lowest BCUT2D eigenvalue weighted by atomic mass is 9.99. The molecule has 2 unspecified atom stereocenters. The van der Waals surface area contributed by atoms with Gasteiger partial charge in [-0.1, -0.05) is 19.1 Å². The SMILES string of the molecule is CN=C(NCc1ccc(OCCCN(C)C)cc1)N1CC(C)C(C(=O)OC)C1.I. The van der Waals surface area contributed by atoms with Crippen LogP contribution in [0.3, 0.4) is 0 Å². The minimum atomic E-state index is -0.147. The fraction of sp³-hybridized carbons (Fsp3) is 0.619. The molecule has 0 aromatic heterocycles. The molecule has 2 atom stereocenters. The average Bonchev–Trinajstić information content (AvgIpc) is 3.07. The van der Waals surface area contributed by atoms with Crippen molar-refractivity contribution < 1.29 is 14.3 Å². The van der Waals surface area contributed by atoms with Crippen molar-refractivity contribution in [3.05, 3.63) is 29.8 Å². The highest BCUT2D eigenvalue weighted by Gasteiger charge is 2.36. The Morgan fingerprint density at radius 1 is 1.28 bits per heavy atom. The monoisotopic (exact) mass is 518 g/mol. The van der Waals surface area contributed by atoms with E-state index >= 15 is 0 Å². The number of guanidine groups is 1. The number of nitrogens with zero attached hydrogens (tertiary/aromatic N) is 3. The van der Waals surface area contributed by atoms with E-state index in [1.54, 1.807) is 7.05 Å². The Kier molecular flexibility index (Phi) is 11.3. The summed E-state index contributed by atoms with van der Waals surface area (Å²) in [7, 11) is 7.34. The highest BCUT2D eigenvalue weighted by atomic mass is 127. The van der Waals surface area contributed by atoms with E-state index in [4.69, 9.17) is 9.47 Å². The molecule has 0 aliphatic carbocycles. The molecule has 164 valence electrons. The lowest BCUT2D eigenvalue weighted by Gasteiger charge is -2.21. The molecule has 1 N–H and O–H groups in total. The summed E-state index contributed by atoms with van der Waals surface area (Å²) in [4.78, 5) is 20.5. The third kappa shape index (κ3) is 8.00.